The molecule has 0 saturated carbocycles. The van der Waals surface area contributed by atoms with Crippen LogP contribution >= 0.6 is 0 Å². The number of aliphatic hydroxyl groups is 1. The lowest BCUT2D eigenvalue weighted by molar-refractivity contribution is 0.0746. The van der Waals surface area contributed by atoms with Crippen molar-refractivity contribution in [2.75, 3.05) is 49.1 Å². The molecule has 0 aliphatic carbocycles. The molecule has 2 aliphatic rings. The van der Waals surface area contributed by atoms with Gasteiger partial charge in [-0.3, -0.25) is 9.78 Å². The van der Waals surface area contributed by atoms with Gasteiger partial charge in [0.05, 0.1) is 18.2 Å². The van der Waals surface area contributed by atoms with Crippen molar-refractivity contribution in [1.29, 1.82) is 0 Å². The number of anilines is 2. The van der Waals surface area contributed by atoms with E-state index in [2.05, 4.69) is 24.8 Å². The van der Waals surface area contributed by atoms with Crippen LogP contribution < -0.4 is 9.80 Å². The van der Waals surface area contributed by atoms with Gasteiger partial charge < -0.3 is 19.8 Å². The minimum atomic E-state index is 0.0222. The summed E-state index contributed by atoms with van der Waals surface area (Å²) in [5.74, 6) is 1.76. The zero-order valence-electron chi connectivity index (χ0n) is 15.2. The maximum absolute atomic E-state index is 12.6. The molecule has 1 amide bonds. The van der Waals surface area contributed by atoms with Crippen LogP contribution in [0.1, 0.15) is 23.2 Å². The molecule has 2 fully saturated rings. The predicted octanol–water partition coefficient (Wildman–Crippen LogP) is 0.795. The molecule has 0 bridgehead atoms. The molecule has 2 aromatic rings. The van der Waals surface area contributed by atoms with Gasteiger partial charge in [0.25, 0.3) is 5.91 Å². The van der Waals surface area contributed by atoms with Crippen molar-refractivity contribution in [2.45, 2.75) is 18.9 Å². The summed E-state index contributed by atoms with van der Waals surface area (Å²) >= 11 is 0. The third-order valence-electron chi connectivity index (χ3n) is 5.32. The van der Waals surface area contributed by atoms with Gasteiger partial charge in [0.1, 0.15) is 18.0 Å². The van der Waals surface area contributed by atoms with Gasteiger partial charge in [-0.05, 0) is 25.0 Å². The molecule has 4 heterocycles. The molecule has 0 spiro atoms. The van der Waals surface area contributed by atoms with Crippen LogP contribution in [-0.4, -0.2) is 76.2 Å². The molecule has 1 unspecified atom stereocenters. The molecule has 142 valence electrons. The number of rotatable bonds is 4. The molecular weight excluding hydrogens is 344 g/mol. The highest BCUT2D eigenvalue weighted by Gasteiger charge is 2.27. The molecule has 0 aromatic carbocycles. The summed E-state index contributed by atoms with van der Waals surface area (Å²) in [6.07, 6.45) is 6.93. The van der Waals surface area contributed by atoms with Gasteiger partial charge in [0.2, 0.25) is 0 Å². The average Bonchev–Trinajstić information content (AvgIpc) is 3.23. The van der Waals surface area contributed by atoms with E-state index in [0.29, 0.717) is 18.7 Å². The number of hydrogen-bond acceptors (Lipinski definition) is 7. The van der Waals surface area contributed by atoms with Gasteiger partial charge in [-0.2, -0.15) is 0 Å². The van der Waals surface area contributed by atoms with Crippen LogP contribution in [-0.2, 0) is 0 Å². The summed E-state index contributed by atoms with van der Waals surface area (Å²) in [5, 5.41) is 9.55. The normalized spacial score (nSPS) is 20.2. The Morgan fingerprint density at radius 1 is 1.15 bits per heavy atom. The fourth-order valence-corrected chi connectivity index (χ4v) is 3.80. The number of hydrogen-bond donors (Lipinski definition) is 1. The number of aliphatic hydroxyl groups excluding tert-OH is 1. The number of pyridine rings is 1. The van der Waals surface area contributed by atoms with Crippen molar-refractivity contribution in [3.8, 4) is 0 Å². The second kappa shape index (κ2) is 7.87. The number of carbonyl (C=O) groups is 1. The zero-order chi connectivity index (χ0) is 18.6. The Labute approximate surface area is 158 Å². The van der Waals surface area contributed by atoms with E-state index in [1.807, 2.05) is 11.0 Å². The van der Waals surface area contributed by atoms with Gasteiger partial charge in [-0.1, -0.05) is 0 Å². The molecule has 0 radical (unpaired) electrons. The lowest BCUT2D eigenvalue weighted by atomic mass is 10.2. The first-order valence-corrected chi connectivity index (χ1v) is 9.40. The Hall–Kier alpha value is -2.74. The Morgan fingerprint density at radius 3 is 2.70 bits per heavy atom. The van der Waals surface area contributed by atoms with Crippen LogP contribution in [0.5, 0.6) is 0 Å². The Kier molecular flexibility index (Phi) is 5.15. The highest BCUT2D eigenvalue weighted by Crippen LogP contribution is 2.26. The lowest BCUT2D eigenvalue weighted by Gasteiger charge is -2.35. The van der Waals surface area contributed by atoms with Crippen molar-refractivity contribution in [3.63, 3.8) is 0 Å². The van der Waals surface area contributed by atoms with E-state index in [1.54, 1.807) is 30.9 Å². The maximum Gasteiger partial charge on any atom is 0.255 e. The monoisotopic (exact) mass is 368 g/mol. The molecule has 8 heteroatoms. The van der Waals surface area contributed by atoms with Crippen LogP contribution in [0.4, 0.5) is 11.6 Å². The number of aromatic nitrogens is 3. The topological polar surface area (TPSA) is 85.7 Å². The standard InChI is InChI=1S/C19H24N6O2/c26-13-16-4-2-6-25(16)18-11-17(21-14-22-18)23-7-9-24(10-8-23)19(27)15-3-1-5-20-12-15/h1,3,5,11-12,14,16,26H,2,4,6-10,13H2. The largest absolute Gasteiger partial charge is 0.394 e. The first kappa shape index (κ1) is 17.7. The van der Waals surface area contributed by atoms with Gasteiger partial charge in [0, 0.05) is 51.2 Å². The van der Waals surface area contributed by atoms with E-state index in [9.17, 15) is 9.90 Å². The maximum atomic E-state index is 12.6. The van der Waals surface area contributed by atoms with Crippen molar-refractivity contribution >= 4 is 17.5 Å². The van der Waals surface area contributed by atoms with Gasteiger partial charge >= 0.3 is 0 Å². The third-order valence-corrected chi connectivity index (χ3v) is 5.32. The van der Waals surface area contributed by atoms with Crippen molar-refractivity contribution in [1.82, 2.24) is 19.9 Å². The summed E-state index contributed by atoms with van der Waals surface area (Å²) in [4.78, 5) is 31.6. The average molecular weight is 368 g/mol. The molecule has 2 aliphatic heterocycles. The molecule has 8 nitrogen and oxygen atoms in total. The first-order chi connectivity index (χ1) is 13.3. The lowest BCUT2D eigenvalue weighted by Crippen LogP contribution is -2.49. The highest BCUT2D eigenvalue weighted by atomic mass is 16.3. The van der Waals surface area contributed by atoms with Crippen LogP contribution in [0, 0.1) is 0 Å². The molecule has 1 N–H and O–H groups in total. The van der Waals surface area contributed by atoms with Crippen LogP contribution in [0.25, 0.3) is 0 Å². The van der Waals surface area contributed by atoms with Gasteiger partial charge in [-0.15, -0.1) is 0 Å². The predicted molar refractivity (Wildman–Crippen MR) is 102 cm³/mol. The number of piperazine rings is 1. The van der Waals surface area contributed by atoms with Crippen molar-refractivity contribution < 1.29 is 9.90 Å². The quantitative estimate of drug-likeness (QED) is 0.854. The molecular formula is C19H24N6O2. The SMILES string of the molecule is O=C(c1cccnc1)N1CCN(c2cc(N3CCCC3CO)ncn2)CC1. The molecule has 4 rings (SSSR count). The minimum absolute atomic E-state index is 0.0222. The molecule has 27 heavy (non-hydrogen) atoms. The zero-order valence-corrected chi connectivity index (χ0v) is 15.2. The Balaban J connectivity index is 1.41. The second-order valence-corrected chi connectivity index (χ2v) is 6.93. The van der Waals surface area contributed by atoms with Crippen LogP contribution in [0.3, 0.4) is 0 Å². The minimum Gasteiger partial charge on any atom is -0.394 e. The number of nitrogens with zero attached hydrogens (tertiary/aromatic N) is 6. The molecule has 2 saturated heterocycles. The summed E-state index contributed by atoms with van der Waals surface area (Å²) < 4.78 is 0. The smallest absolute Gasteiger partial charge is 0.255 e. The number of carbonyl (C=O) groups excluding carboxylic acids is 1. The fraction of sp³-hybridized carbons (Fsp3) is 0.474. The van der Waals surface area contributed by atoms with Crippen molar-refractivity contribution in [3.05, 3.63) is 42.5 Å². The summed E-state index contributed by atoms with van der Waals surface area (Å²) in [6.45, 7) is 3.81. The summed E-state index contributed by atoms with van der Waals surface area (Å²) in [5.41, 5.74) is 0.624. The van der Waals surface area contributed by atoms with Gasteiger partial charge in [0.15, 0.2) is 0 Å². The molecule has 1 atom stereocenters. The number of amides is 1. The third kappa shape index (κ3) is 3.71. The fourth-order valence-electron chi connectivity index (χ4n) is 3.80. The highest BCUT2D eigenvalue weighted by molar-refractivity contribution is 5.94. The Bertz CT molecular complexity index is 779. The summed E-state index contributed by atoms with van der Waals surface area (Å²) in [6, 6.07) is 5.71. The van der Waals surface area contributed by atoms with Crippen molar-refractivity contribution in [2.24, 2.45) is 0 Å². The van der Waals surface area contributed by atoms with E-state index in [4.69, 9.17) is 0 Å². The van der Waals surface area contributed by atoms with E-state index < -0.39 is 0 Å². The van der Waals surface area contributed by atoms with E-state index in [0.717, 1.165) is 44.1 Å². The Morgan fingerprint density at radius 2 is 1.96 bits per heavy atom. The first-order valence-electron chi connectivity index (χ1n) is 9.40. The van der Waals surface area contributed by atoms with Crippen LogP contribution in [0.15, 0.2) is 36.9 Å². The van der Waals surface area contributed by atoms with E-state index in [1.165, 1.54) is 0 Å². The van der Waals surface area contributed by atoms with Crippen LogP contribution in [0.2, 0.25) is 0 Å². The van der Waals surface area contributed by atoms with E-state index >= 15 is 0 Å². The summed E-state index contributed by atoms with van der Waals surface area (Å²) in [7, 11) is 0. The van der Waals surface area contributed by atoms with E-state index in [-0.39, 0.29) is 18.6 Å². The molecule has 2 aromatic heterocycles. The van der Waals surface area contributed by atoms with Gasteiger partial charge in [-0.25, -0.2) is 9.97 Å². The second-order valence-electron chi connectivity index (χ2n) is 6.93.